The second kappa shape index (κ2) is 7.59. The van der Waals surface area contributed by atoms with E-state index in [1.54, 1.807) is 0 Å². The van der Waals surface area contributed by atoms with Crippen molar-refractivity contribution in [2.75, 3.05) is 7.11 Å². The zero-order valence-electron chi connectivity index (χ0n) is 9.48. The van der Waals surface area contributed by atoms with Crippen LogP contribution in [0.5, 0.6) is 0 Å². The van der Waals surface area contributed by atoms with Crippen LogP contribution in [0.4, 0.5) is 0 Å². The van der Waals surface area contributed by atoms with E-state index in [9.17, 15) is 9.59 Å². The Bertz CT molecular complexity index is 451. The summed E-state index contributed by atoms with van der Waals surface area (Å²) < 4.78 is 4.43. The summed E-state index contributed by atoms with van der Waals surface area (Å²) in [4.78, 5) is 22.8. The van der Waals surface area contributed by atoms with Gasteiger partial charge in [-0.2, -0.15) is 0 Å². The molecule has 0 aliphatic heterocycles. The Kier molecular flexibility index (Phi) is 7.25. The summed E-state index contributed by atoms with van der Waals surface area (Å²) in [5, 5.41) is 0.643. The summed E-state index contributed by atoms with van der Waals surface area (Å²) in [5.74, 6) is -0.917. The molecule has 0 bridgehead atoms. The van der Waals surface area contributed by atoms with Crippen molar-refractivity contribution < 1.29 is 14.3 Å². The van der Waals surface area contributed by atoms with Crippen molar-refractivity contribution in [2.24, 2.45) is 5.73 Å². The fraction of sp³-hybridized carbons (Fsp3) is 0.273. The van der Waals surface area contributed by atoms with Gasteiger partial charge in [0.05, 0.1) is 17.2 Å². The van der Waals surface area contributed by atoms with Gasteiger partial charge in [0.15, 0.2) is 5.78 Å². The number of hydrogen-bond acceptors (Lipinski definition) is 4. The predicted octanol–water partition coefficient (Wildman–Crippen LogP) is 2.49. The molecule has 1 rings (SSSR count). The molecule has 0 saturated carbocycles. The van der Waals surface area contributed by atoms with Crippen molar-refractivity contribution in [1.82, 2.24) is 0 Å². The van der Waals surface area contributed by atoms with Crippen LogP contribution in [0.15, 0.2) is 18.2 Å². The monoisotopic (exact) mass is 311 g/mol. The fourth-order valence-corrected chi connectivity index (χ4v) is 1.52. The van der Waals surface area contributed by atoms with Crippen LogP contribution in [-0.2, 0) is 9.53 Å². The molecule has 0 aromatic heterocycles. The Morgan fingerprint density at radius 2 is 1.94 bits per heavy atom. The molecule has 0 saturated heterocycles. The minimum atomic E-state index is -0.970. The third-order valence-electron chi connectivity index (χ3n) is 2.15. The number of methoxy groups -OCH3 is 1. The summed E-state index contributed by atoms with van der Waals surface area (Å²) in [6, 6.07) is 3.51. The fourth-order valence-electron chi connectivity index (χ4n) is 1.22. The molecule has 1 aromatic rings. The Hall–Kier alpha value is -0.810. The molecule has 4 nitrogen and oxygen atoms in total. The van der Waals surface area contributed by atoms with Gasteiger partial charge in [-0.25, -0.2) is 0 Å². The Morgan fingerprint density at radius 3 is 2.44 bits per heavy atom. The zero-order valence-corrected chi connectivity index (χ0v) is 11.8. The van der Waals surface area contributed by atoms with Crippen molar-refractivity contribution in [1.29, 1.82) is 0 Å². The quantitative estimate of drug-likeness (QED) is 0.685. The molecule has 0 heterocycles. The van der Waals surface area contributed by atoms with Gasteiger partial charge in [0, 0.05) is 12.0 Å². The molecule has 2 N–H and O–H groups in total. The Morgan fingerprint density at radius 1 is 1.33 bits per heavy atom. The highest BCUT2D eigenvalue weighted by molar-refractivity contribution is 6.42. The number of ketones is 1. The van der Waals surface area contributed by atoms with Crippen molar-refractivity contribution in [3.63, 3.8) is 0 Å². The van der Waals surface area contributed by atoms with Crippen LogP contribution in [0.3, 0.4) is 0 Å². The van der Waals surface area contributed by atoms with Gasteiger partial charge in [0.25, 0.3) is 0 Å². The number of benzene rings is 1. The molecule has 0 radical (unpaired) electrons. The van der Waals surface area contributed by atoms with Gasteiger partial charge in [-0.1, -0.05) is 23.2 Å². The molecule has 0 amide bonds. The van der Waals surface area contributed by atoms with E-state index in [1.807, 2.05) is 0 Å². The molecule has 0 spiro atoms. The molecule has 1 aromatic carbocycles. The van der Waals surface area contributed by atoms with E-state index in [4.69, 9.17) is 28.9 Å². The van der Waals surface area contributed by atoms with Crippen molar-refractivity contribution >= 4 is 47.4 Å². The number of nitrogens with two attached hydrogens (primary N) is 1. The molecule has 0 fully saturated rings. The first-order valence-corrected chi connectivity index (χ1v) is 5.53. The molecule has 0 aliphatic rings. The standard InChI is InChI=1S/C11H11Cl2NO3.ClH/c1-17-11(16)9(14)5-10(15)6-2-3-7(12)8(13)4-6;/h2-4,9H,5,14H2,1H3;1H/t9-;/m1./s1. The van der Waals surface area contributed by atoms with Crippen molar-refractivity contribution in [2.45, 2.75) is 12.5 Å². The number of halogens is 3. The van der Waals surface area contributed by atoms with Crippen molar-refractivity contribution in [3.05, 3.63) is 33.8 Å². The lowest BCUT2D eigenvalue weighted by Gasteiger charge is -2.08. The number of carbonyl (C=O) groups excluding carboxylic acids is 2. The maximum Gasteiger partial charge on any atom is 0.323 e. The van der Waals surface area contributed by atoms with Crippen LogP contribution in [0, 0.1) is 0 Å². The molecule has 7 heteroatoms. The zero-order chi connectivity index (χ0) is 13.0. The first-order valence-electron chi connectivity index (χ1n) is 4.77. The number of hydrogen-bond donors (Lipinski definition) is 1. The average Bonchev–Trinajstić information content (AvgIpc) is 2.31. The smallest absolute Gasteiger partial charge is 0.323 e. The van der Waals surface area contributed by atoms with E-state index in [1.165, 1.54) is 25.3 Å². The number of Topliss-reactive ketones (excluding diaryl/α,β-unsaturated/α-hetero) is 1. The summed E-state index contributed by atoms with van der Waals surface area (Å²) >= 11 is 11.5. The van der Waals surface area contributed by atoms with Crippen LogP contribution in [-0.4, -0.2) is 24.9 Å². The van der Waals surface area contributed by atoms with E-state index in [-0.39, 0.29) is 29.6 Å². The van der Waals surface area contributed by atoms with Gasteiger partial charge in [-0.05, 0) is 18.2 Å². The molecule has 18 heavy (non-hydrogen) atoms. The molecular weight excluding hydrogens is 300 g/mol. The lowest BCUT2D eigenvalue weighted by Crippen LogP contribution is -2.33. The minimum Gasteiger partial charge on any atom is -0.468 e. The van der Waals surface area contributed by atoms with Crippen LogP contribution >= 0.6 is 35.6 Å². The molecule has 0 aliphatic carbocycles. The second-order valence-corrected chi connectivity index (χ2v) is 4.20. The highest BCUT2D eigenvalue weighted by Crippen LogP contribution is 2.23. The SMILES string of the molecule is COC(=O)[C@H](N)CC(=O)c1ccc(Cl)c(Cl)c1.Cl. The van der Waals surface area contributed by atoms with E-state index >= 15 is 0 Å². The van der Waals surface area contributed by atoms with Gasteiger partial charge in [0.2, 0.25) is 0 Å². The lowest BCUT2D eigenvalue weighted by atomic mass is 10.0. The highest BCUT2D eigenvalue weighted by Gasteiger charge is 2.19. The molecule has 0 unspecified atom stereocenters. The lowest BCUT2D eigenvalue weighted by molar-refractivity contribution is -0.142. The third-order valence-corrected chi connectivity index (χ3v) is 2.89. The Labute approximate surface area is 121 Å². The van der Waals surface area contributed by atoms with Gasteiger partial charge >= 0.3 is 5.97 Å². The number of ether oxygens (including phenoxy) is 1. The normalized spacial score (nSPS) is 11.3. The first-order chi connectivity index (χ1) is 7.95. The van der Waals surface area contributed by atoms with Crippen LogP contribution < -0.4 is 5.73 Å². The van der Waals surface area contributed by atoms with Crippen LogP contribution in [0.2, 0.25) is 10.0 Å². The Balaban J connectivity index is 0.00000289. The van der Waals surface area contributed by atoms with E-state index < -0.39 is 12.0 Å². The first kappa shape index (κ1) is 17.2. The predicted molar refractivity (Wildman–Crippen MR) is 72.6 cm³/mol. The van der Waals surface area contributed by atoms with E-state index in [0.717, 1.165) is 0 Å². The van der Waals surface area contributed by atoms with Gasteiger partial charge < -0.3 is 10.5 Å². The largest absolute Gasteiger partial charge is 0.468 e. The molecule has 1 atom stereocenters. The van der Waals surface area contributed by atoms with Crippen LogP contribution in [0.1, 0.15) is 16.8 Å². The third kappa shape index (κ3) is 4.46. The topological polar surface area (TPSA) is 69.4 Å². The second-order valence-electron chi connectivity index (χ2n) is 3.39. The molecular formula is C11H12Cl3NO3. The van der Waals surface area contributed by atoms with E-state index in [0.29, 0.717) is 10.6 Å². The number of esters is 1. The van der Waals surface area contributed by atoms with Gasteiger partial charge in [0.1, 0.15) is 6.04 Å². The summed E-state index contributed by atoms with van der Waals surface area (Å²) in [5.41, 5.74) is 5.84. The number of carbonyl (C=O) groups is 2. The summed E-state index contributed by atoms with van der Waals surface area (Å²) in [6.07, 6.45) is -0.134. The molecule has 100 valence electrons. The van der Waals surface area contributed by atoms with Crippen molar-refractivity contribution in [3.8, 4) is 0 Å². The minimum absolute atomic E-state index is 0. The summed E-state index contributed by atoms with van der Waals surface area (Å²) in [6.45, 7) is 0. The maximum atomic E-state index is 11.7. The van der Waals surface area contributed by atoms with Crippen LogP contribution in [0.25, 0.3) is 0 Å². The van der Waals surface area contributed by atoms with Gasteiger partial charge in [-0.3, -0.25) is 9.59 Å². The van der Waals surface area contributed by atoms with E-state index in [2.05, 4.69) is 4.74 Å². The maximum absolute atomic E-state index is 11.7. The number of rotatable bonds is 4. The summed E-state index contributed by atoms with van der Waals surface area (Å²) in [7, 11) is 1.21. The van der Waals surface area contributed by atoms with Gasteiger partial charge in [-0.15, -0.1) is 12.4 Å². The average molecular weight is 313 g/mol. The highest BCUT2D eigenvalue weighted by atomic mass is 35.5.